The van der Waals surface area contributed by atoms with Crippen LogP contribution in [0.2, 0.25) is 0 Å². The summed E-state index contributed by atoms with van der Waals surface area (Å²) in [5, 5.41) is 14.8. The first-order chi connectivity index (χ1) is 15.2. The van der Waals surface area contributed by atoms with Crippen LogP contribution in [0, 0.1) is 6.92 Å². The van der Waals surface area contributed by atoms with Crippen molar-refractivity contribution >= 4 is 23.4 Å². The van der Waals surface area contributed by atoms with Crippen LogP contribution in [0.5, 0.6) is 0 Å². The molecule has 4 rings (SSSR count). The topological polar surface area (TPSA) is 77.6 Å². The zero-order chi connectivity index (χ0) is 22.9. The molecule has 0 unspecified atom stereocenters. The molecule has 1 amide bonds. The summed E-state index contributed by atoms with van der Waals surface area (Å²) in [5.74, 6) is -0.899. The van der Waals surface area contributed by atoms with Crippen LogP contribution in [0.15, 0.2) is 71.1 Å². The molecule has 7 nitrogen and oxygen atoms in total. The van der Waals surface area contributed by atoms with Crippen molar-refractivity contribution in [3.63, 3.8) is 0 Å². The number of anilines is 1. The molecule has 0 aliphatic rings. The monoisotopic (exact) mass is 458 g/mol. The number of nitrogens with zero attached hydrogens (tertiary/aromatic N) is 5. The van der Waals surface area contributed by atoms with E-state index >= 15 is 0 Å². The molecule has 4 aromatic rings. The van der Waals surface area contributed by atoms with E-state index in [0.29, 0.717) is 10.8 Å². The number of hydrogen-bond acceptors (Lipinski definition) is 5. The summed E-state index contributed by atoms with van der Waals surface area (Å²) < 4.78 is 43.9. The molecule has 0 atom stereocenters. The average Bonchev–Trinajstić information content (AvgIpc) is 3.37. The predicted molar refractivity (Wildman–Crippen MR) is 113 cm³/mol. The van der Waals surface area contributed by atoms with Gasteiger partial charge in [-0.15, -0.1) is 10.2 Å². The van der Waals surface area contributed by atoms with Gasteiger partial charge in [-0.1, -0.05) is 17.7 Å². The molecule has 164 valence electrons. The number of benzene rings is 2. The van der Waals surface area contributed by atoms with Gasteiger partial charge in [0.25, 0.3) is 5.91 Å². The Morgan fingerprint density at radius 1 is 1.06 bits per heavy atom. The van der Waals surface area contributed by atoms with Gasteiger partial charge in [0.2, 0.25) is 0 Å². The Hall–Kier alpha value is -3.60. The Balaban J connectivity index is 1.57. The SMILES string of the molecule is Cc1ccc(-n2ncc(C(=O)Nc3ccc(Sc4nncn4C)cc3)c2C(F)(F)F)cc1. The van der Waals surface area contributed by atoms with Crippen molar-refractivity contribution in [2.45, 2.75) is 23.2 Å². The largest absolute Gasteiger partial charge is 0.434 e. The van der Waals surface area contributed by atoms with E-state index in [1.807, 2.05) is 14.0 Å². The predicted octanol–water partition coefficient (Wildman–Crippen LogP) is 4.73. The van der Waals surface area contributed by atoms with Crippen LogP contribution >= 0.6 is 11.8 Å². The van der Waals surface area contributed by atoms with E-state index in [1.165, 1.54) is 23.9 Å². The minimum absolute atomic E-state index is 0.215. The molecular weight excluding hydrogens is 441 g/mol. The molecule has 0 aliphatic carbocycles. The first kappa shape index (κ1) is 21.6. The standard InChI is InChI=1S/C21H17F3N6OS/c1-13-3-7-15(8-4-13)30-18(21(22,23)24)17(11-26-30)19(31)27-14-5-9-16(10-6-14)32-20-28-25-12-29(20)2/h3-12H,1-2H3,(H,27,31). The Bertz CT molecular complexity index is 1250. The second-order valence-electron chi connectivity index (χ2n) is 6.96. The van der Waals surface area contributed by atoms with Crippen LogP contribution < -0.4 is 5.32 Å². The molecule has 32 heavy (non-hydrogen) atoms. The Morgan fingerprint density at radius 2 is 1.75 bits per heavy atom. The second kappa shape index (κ2) is 8.50. The van der Waals surface area contributed by atoms with E-state index in [-0.39, 0.29) is 5.69 Å². The van der Waals surface area contributed by atoms with Crippen molar-refractivity contribution in [1.29, 1.82) is 0 Å². The minimum atomic E-state index is -4.77. The molecule has 0 bridgehead atoms. The van der Waals surface area contributed by atoms with Crippen LogP contribution in [-0.2, 0) is 13.2 Å². The molecule has 11 heteroatoms. The lowest BCUT2D eigenvalue weighted by molar-refractivity contribution is -0.143. The molecule has 0 saturated carbocycles. The lowest BCUT2D eigenvalue weighted by atomic mass is 10.2. The number of alkyl halides is 3. The summed E-state index contributed by atoms with van der Waals surface area (Å²) in [6.07, 6.45) is -2.27. The number of carbonyl (C=O) groups is 1. The number of carbonyl (C=O) groups excluding carboxylic acids is 1. The number of aryl methyl sites for hydroxylation is 2. The van der Waals surface area contributed by atoms with Gasteiger partial charge in [-0.05, 0) is 55.1 Å². The van der Waals surface area contributed by atoms with Gasteiger partial charge in [0.15, 0.2) is 10.9 Å². The summed E-state index contributed by atoms with van der Waals surface area (Å²) in [4.78, 5) is 13.5. The average molecular weight is 458 g/mol. The van der Waals surface area contributed by atoms with Crippen molar-refractivity contribution in [1.82, 2.24) is 24.5 Å². The van der Waals surface area contributed by atoms with Gasteiger partial charge in [0.1, 0.15) is 6.33 Å². The maximum atomic E-state index is 13.8. The van der Waals surface area contributed by atoms with Crippen molar-refractivity contribution in [2.24, 2.45) is 7.05 Å². The van der Waals surface area contributed by atoms with E-state index in [2.05, 4.69) is 20.6 Å². The maximum absolute atomic E-state index is 13.8. The summed E-state index contributed by atoms with van der Waals surface area (Å²) in [6.45, 7) is 1.83. The van der Waals surface area contributed by atoms with E-state index in [0.717, 1.165) is 21.3 Å². The zero-order valence-corrected chi connectivity index (χ0v) is 17.8. The Labute approximate surface area is 185 Å². The normalized spacial score (nSPS) is 11.5. The lowest BCUT2D eigenvalue weighted by Crippen LogP contribution is -2.20. The summed E-state index contributed by atoms with van der Waals surface area (Å²) in [5.41, 5.74) is -0.224. The zero-order valence-electron chi connectivity index (χ0n) is 17.0. The number of aromatic nitrogens is 5. The second-order valence-corrected chi connectivity index (χ2v) is 8.00. The van der Waals surface area contributed by atoms with Crippen molar-refractivity contribution < 1.29 is 18.0 Å². The van der Waals surface area contributed by atoms with Crippen molar-refractivity contribution in [2.75, 3.05) is 5.32 Å². The van der Waals surface area contributed by atoms with Gasteiger partial charge in [-0.3, -0.25) is 4.79 Å². The third-order valence-corrected chi connectivity index (χ3v) is 5.61. The van der Waals surface area contributed by atoms with Gasteiger partial charge < -0.3 is 9.88 Å². The number of amides is 1. The third-order valence-electron chi connectivity index (χ3n) is 4.55. The van der Waals surface area contributed by atoms with Crippen molar-refractivity contribution in [3.8, 4) is 5.69 Å². The fourth-order valence-electron chi connectivity index (χ4n) is 2.94. The van der Waals surface area contributed by atoms with Crippen LogP contribution in [-0.4, -0.2) is 30.5 Å². The van der Waals surface area contributed by atoms with Gasteiger partial charge in [-0.2, -0.15) is 18.3 Å². The molecule has 0 aliphatic heterocycles. The quantitative estimate of drug-likeness (QED) is 0.468. The highest BCUT2D eigenvalue weighted by Crippen LogP contribution is 2.34. The molecule has 0 spiro atoms. The summed E-state index contributed by atoms with van der Waals surface area (Å²) in [6, 6.07) is 13.1. The van der Waals surface area contributed by atoms with E-state index in [1.54, 1.807) is 47.3 Å². The summed E-state index contributed by atoms with van der Waals surface area (Å²) in [7, 11) is 1.81. The van der Waals surface area contributed by atoms with E-state index in [9.17, 15) is 18.0 Å². The Kier molecular flexibility index (Phi) is 5.74. The molecule has 2 heterocycles. The number of nitrogens with one attached hydrogen (secondary N) is 1. The molecule has 0 radical (unpaired) electrons. The highest BCUT2D eigenvalue weighted by atomic mass is 32.2. The van der Waals surface area contributed by atoms with Crippen LogP contribution in [0.4, 0.5) is 18.9 Å². The summed E-state index contributed by atoms with van der Waals surface area (Å²) >= 11 is 1.37. The highest BCUT2D eigenvalue weighted by molar-refractivity contribution is 7.99. The molecule has 2 aromatic heterocycles. The van der Waals surface area contributed by atoms with E-state index in [4.69, 9.17) is 0 Å². The fraction of sp³-hybridized carbons (Fsp3) is 0.143. The third kappa shape index (κ3) is 4.52. The molecule has 0 saturated heterocycles. The molecule has 2 aromatic carbocycles. The van der Waals surface area contributed by atoms with Crippen LogP contribution in [0.1, 0.15) is 21.6 Å². The van der Waals surface area contributed by atoms with Crippen LogP contribution in [0.3, 0.4) is 0 Å². The molecule has 1 N–H and O–H groups in total. The van der Waals surface area contributed by atoms with Crippen LogP contribution in [0.25, 0.3) is 5.69 Å². The Morgan fingerprint density at radius 3 is 2.34 bits per heavy atom. The smallest absolute Gasteiger partial charge is 0.322 e. The highest BCUT2D eigenvalue weighted by Gasteiger charge is 2.40. The van der Waals surface area contributed by atoms with Gasteiger partial charge in [-0.25, -0.2) is 4.68 Å². The molecule has 0 fully saturated rings. The number of hydrogen-bond donors (Lipinski definition) is 1. The molecular formula is C21H17F3N6OS. The number of halogens is 3. The van der Waals surface area contributed by atoms with Gasteiger partial charge in [0, 0.05) is 17.6 Å². The maximum Gasteiger partial charge on any atom is 0.434 e. The van der Waals surface area contributed by atoms with Crippen molar-refractivity contribution in [3.05, 3.63) is 77.9 Å². The minimum Gasteiger partial charge on any atom is -0.322 e. The van der Waals surface area contributed by atoms with E-state index < -0.39 is 23.3 Å². The van der Waals surface area contributed by atoms with Gasteiger partial charge in [0.05, 0.1) is 17.4 Å². The fourth-order valence-corrected chi connectivity index (χ4v) is 3.71. The first-order valence-electron chi connectivity index (χ1n) is 9.38. The first-order valence-corrected chi connectivity index (χ1v) is 10.2. The van der Waals surface area contributed by atoms with Gasteiger partial charge >= 0.3 is 6.18 Å². The lowest BCUT2D eigenvalue weighted by Gasteiger charge is -2.13. The number of rotatable bonds is 5.